The Balaban J connectivity index is 2.22. The van der Waals surface area contributed by atoms with E-state index in [1.54, 1.807) is 0 Å². The number of carbonyl (C=O) groups is 1. The molecule has 0 spiro atoms. The van der Waals surface area contributed by atoms with E-state index >= 15 is 0 Å². The van der Waals surface area contributed by atoms with Crippen LogP contribution in [0.3, 0.4) is 0 Å². The number of anilines is 1. The van der Waals surface area contributed by atoms with Gasteiger partial charge in [-0.15, -0.1) is 0 Å². The van der Waals surface area contributed by atoms with Crippen LogP contribution in [0.25, 0.3) is 0 Å². The summed E-state index contributed by atoms with van der Waals surface area (Å²) in [6, 6.07) is 3.76. The van der Waals surface area contributed by atoms with Crippen molar-refractivity contribution in [2.75, 3.05) is 45.6 Å². The van der Waals surface area contributed by atoms with Crippen LogP contribution in [0.4, 0.5) is 5.82 Å². The van der Waals surface area contributed by atoms with Crippen molar-refractivity contribution in [3.05, 3.63) is 23.4 Å². The SMILES string of the molecule is CNc1cc(C(=O)N2CCN(C)CC2)cc(C(C)C)n1. The molecule has 5 nitrogen and oxygen atoms in total. The quantitative estimate of drug-likeness (QED) is 0.911. The average molecular weight is 276 g/mol. The molecule has 0 aromatic carbocycles. The fourth-order valence-corrected chi connectivity index (χ4v) is 2.29. The van der Waals surface area contributed by atoms with Crippen LogP contribution in [-0.4, -0.2) is 61.0 Å². The first kappa shape index (κ1) is 14.8. The molecule has 1 aromatic rings. The van der Waals surface area contributed by atoms with Crippen molar-refractivity contribution in [2.24, 2.45) is 0 Å². The predicted octanol–water partition coefficient (Wildman–Crippen LogP) is 1.63. The van der Waals surface area contributed by atoms with E-state index in [2.05, 4.69) is 36.1 Å². The zero-order valence-electron chi connectivity index (χ0n) is 12.8. The summed E-state index contributed by atoms with van der Waals surface area (Å²) < 4.78 is 0. The van der Waals surface area contributed by atoms with E-state index in [4.69, 9.17) is 0 Å². The molecule has 0 saturated carbocycles. The number of piperazine rings is 1. The standard InChI is InChI=1S/C15H24N4O/c1-11(2)13-9-12(10-14(16-3)17-13)15(20)19-7-5-18(4)6-8-19/h9-11H,5-8H2,1-4H3,(H,16,17). The van der Waals surface area contributed by atoms with Gasteiger partial charge in [-0.1, -0.05) is 13.8 Å². The highest BCUT2D eigenvalue weighted by Crippen LogP contribution is 2.19. The summed E-state index contributed by atoms with van der Waals surface area (Å²) in [6.07, 6.45) is 0. The van der Waals surface area contributed by atoms with Gasteiger partial charge in [0.15, 0.2) is 0 Å². The number of carbonyl (C=O) groups excluding carboxylic acids is 1. The molecule has 0 bridgehead atoms. The van der Waals surface area contributed by atoms with Gasteiger partial charge in [0.2, 0.25) is 0 Å². The van der Waals surface area contributed by atoms with Crippen LogP contribution in [0.15, 0.2) is 12.1 Å². The lowest BCUT2D eigenvalue weighted by atomic mass is 10.1. The number of hydrogen-bond acceptors (Lipinski definition) is 4. The van der Waals surface area contributed by atoms with Gasteiger partial charge in [0.05, 0.1) is 0 Å². The minimum absolute atomic E-state index is 0.110. The van der Waals surface area contributed by atoms with E-state index in [-0.39, 0.29) is 5.91 Å². The van der Waals surface area contributed by atoms with Gasteiger partial charge < -0.3 is 15.1 Å². The summed E-state index contributed by atoms with van der Waals surface area (Å²) in [4.78, 5) is 21.3. The monoisotopic (exact) mass is 276 g/mol. The van der Waals surface area contributed by atoms with E-state index in [1.165, 1.54) is 0 Å². The Labute approximate surface area is 121 Å². The van der Waals surface area contributed by atoms with Gasteiger partial charge in [0, 0.05) is 44.5 Å². The van der Waals surface area contributed by atoms with Crippen molar-refractivity contribution in [1.29, 1.82) is 0 Å². The molecule has 1 aliphatic rings. The maximum absolute atomic E-state index is 12.6. The second kappa shape index (κ2) is 6.22. The first-order chi connectivity index (χ1) is 9.51. The van der Waals surface area contributed by atoms with Crippen molar-refractivity contribution in [2.45, 2.75) is 19.8 Å². The van der Waals surface area contributed by atoms with Gasteiger partial charge in [0.1, 0.15) is 5.82 Å². The summed E-state index contributed by atoms with van der Waals surface area (Å²) in [7, 11) is 3.92. The van der Waals surface area contributed by atoms with E-state index in [9.17, 15) is 4.79 Å². The van der Waals surface area contributed by atoms with Crippen LogP contribution in [0.1, 0.15) is 35.8 Å². The van der Waals surface area contributed by atoms with Crippen molar-refractivity contribution in [3.63, 3.8) is 0 Å². The first-order valence-corrected chi connectivity index (χ1v) is 7.19. The molecule has 2 rings (SSSR count). The van der Waals surface area contributed by atoms with Crippen LogP contribution >= 0.6 is 0 Å². The largest absolute Gasteiger partial charge is 0.373 e. The number of amides is 1. The van der Waals surface area contributed by atoms with Gasteiger partial charge in [-0.05, 0) is 25.1 Å². The Kier molecular flexibility index (Phi) is 4.60. The van der Waals surface area contributed by atoms with Crippen molar-refractivity contribution < 1.29 is 4.79 Å². The number of rotatable bonds is 3. The van der Waals surface area contributed by atoms with Crippen LogP contribution < -0.4 is 5.32 Å². The van der Waals surface area contributed by atoms with Crippen LogP contribution in [-0.2, 0) is 0 Å². The fraction of sp³-hybridized carbons (Fsp3) is 0.600. The van der Waals surface area contributed by atoms with Gasteiger partial charge in [0.25, 0.3) is 5.91 Å². The lowest BCUT2D eigenvalue weighted by Gasteiger charge is -2.32. The summed E-state index contributed by atoms with van der Waals surface area (Å²) >= 11 is 0. The number of likely N-dealkylation sites (N-methyl/N-ethyl adjacent to an activating group) is 1. The molecule has 0 atom stereocenters. The fourth-order valence-electron chi connectivity index (χ4n) is 2.29. The highest BCUT2D eigenvalue weighted by Gasteiger charge is 2.21. The van der Waals surface area contributed by atoms with E-state index in [1.807, 2.05) is 24.1 Å². The van der Waals surface area contributed by atoms with Crippen LogP contribution in [0, 0.1) is 0 Å². The third-order valence-electron chi connectivity index (χ3n) is 3.73. The molecule has 2 heterocycles. The van der Waals surface area contributed by atoms with Gasteiger partial charge in [-0.25, -0.2) is 4.98 Å². The Hall–Kier alpha value is -1.62. The van der Waals surface area contributed by atoms with Gasteiger partial charge in [-0.3, -0.25) is 4.79 Å². The molecular weight excluding hydrogens is 252 g/mol. The maximum Gasteiger partial charge on any atom is 0.254 e. The molecule has 1 saturated heterocycles. The van der Waals surface area contributed by atoms with Gasteiger partial charge >= 0.3 is 0 Å². The predicted molar refractivity (Wildman–Crippen MR) is 81.3 cm³/mol. The molecule has 1 aromatic heterocycles. The smallest absolute Gasteiger partial charge is 0.254 e. The highest BCUT2D eigenvalue weighted by molar-refractivity contribution is 5.95. The molecule has 20 heavy (non-hydrogen) atoms. The molecule has 110 valence electrons. The lowest BCUT2D eigenvalue weighted by Crippen LogP contribution is -2.47. The second-order valence-electron chi connectivity index (χ2n) is 5.67. The number of hydrogen-bond donors (Lipinski definition) is 1. The number of nitrogens with zero attached hydrogens (tertiary/aromatic N) is 3. The third kappa shape index (κ3) is 3.28. The van der Waals surface area contributed by atoms with E-state index in [0.717, 1.165) is 43.3 Å². The van der Waals surface area contributed by atoms with Crippen LogP contribution in [0.2, 0.25) is 0 Å². The molecule has 0 radical (unpaired) electrons. The number of nitrogens with one attached hydrogen (secondary N) is 1. The molecule has 1 aliphatic heterocycles. The zero-order valence-corrected chi connectivity index (χ0v) is 12.8. The summed E-state index contributed by atoms with van der Waals surface area (Å²) in [5, 5.41) is 3.04. The molecule has 0 aliphatic carbocycles. The Bertz CT molecular complexity index is 479. The number of pyridine rings is 1. The number of aromatic nitrogens is 1. The maximum atomic E-state index is 12.6. The van der Waals surface area contributed by atoms with Crippen molar-refractivity contribution in [3.8, 4) is 0 Å². The molecule has 0 unspecified atom stereocenters. The minimum atomic E-state index is 0.110. The third-order valence-corrected chi connectivity index (χ3v) is 3.73. The average Bonchev–Trinajstić information content (AvgIpc) is 2.46. The Morgan fingerprint density at radius 3 is 2.45 bits per heavy atom. The molecule has 5 heteroatoms. The van der Waals surface area contributed by atoms with Crippen LogP contribution in [0.5, 0.6) is 0 Å². The van der Waals surface area contributed by atoms with Crippen molar-refractivity contribution >= 4 is 11.7 Å². The summed E-state index contributed by atoms with van der Waals surface area (Å²) in [5.74, 6) is 1.18. The van der Waals surface area contributed by atoms with E-state index < -0.39 is 0 Å². The minimum Gasteiger partial charge on any atom is -0.373 e. The molecule has 1 N–H and O–H groups in total. The Morgan fingerprint density at radius 1 is 1.25 bits per heavy atom. The summed E-state index contributed by atoms with van der Waals surface area (Å²) in [5.41, 5.74) is 1.69. The molecule has 1 amide bonds. The van der Waals surface area contributed by atoms with Gasteiger partial charge in [-0.2, -0.15) is 0 Å². The first-order valence-electron chi connectivity index (χ1n) is 7.19. The van der Waals surface area contributed by atoms with E-state index in [0.29, 0.717) is 5.92 Å². The zero-order chi connectivity index (χ0) is 14.7. The second-order valence-corrected chi connectivity index (χ2v) is 5.67. The van der Waals surface area contributed by atoms with Crippen molar-refractivity contribution in [1.82, 2.24) is 14.8 Å². The highest BCUT2D eigenvalue weighted by atomic mass is 16.2. The topological polar surface area (TPSA) is 48.5 Å². The normalized spacial score (nSPS) is 16.6. The molecule has 1 fully saturated rings. The lowest BCUT2D eigenvalue weighted by molar-refractivity contribution is 0.0664. The Morgan fingerprint density at radius 2 is 1.90 bits per heavy atom. The molecular formula is C15H24N4O. The summed E-state index contributed by atoms with van der Waals surface area (Å²) in [6.45, 7) is 7.64.